The lowest BCUT2D eigenvalue weighted by molar-refractivity contribution is -0.159. The highest BCUT2D eigenvalue weighted by molar-refractivity contribution is 14.1. The number of alkyl halides is 1. The summed E-state index contributed by atoms with van der Waals surface area (Å²) in [6.07, 6.45) is 11.5. The van der Waals surface area contributed by atoms with Crippen molar-refractivity contribution in [2.45, 2.75) is 80.1 Å². The zero-order valence-corrected chi connectivity index (χ0v) is 16.1. The summed E-state index contributed by atoms with van der Waals surface area (Å²) in [5.41, 5.74) is 0. The van der Waals surface area contributed by atoms with Crippen LogP contribution in [0.2, 0.25) is 0 Å². The van der Waals surface area contributed by atoms with Gasteiger partial charge in [-0.1, -0.05) is 40.8 Å². The van der Waals surface area contributed by atoms with Crippen LogP contribution in [-0.2, 0) is 19.0 Å². The summed E-state index contributed by atoms with van der Waals surface area (Å²) in [5, 5.41) is 0. The van der Waals surface area contributed by atoms with E-state index < -0.39 is 11.9 Å². The van der Waals surface area contributed by atoms with Crippen LogP contribution in [-0.4, -0.2) is 40.4 Å². The maximum absolute atomic E-state index is 11.2. The number of halogens is 1. The van der Waals surface area contributed by atoms with E-state index in [0.29, 0.717) is 3.92 Å². The molecule has 0 saturated carbocycles. The van der Waals surface area contributed by atoms with E-state index in [4.69, 9.17) is 14.2 Å². The second-order valence-electron chi connectivity index (χ2n) is 6.58. The Morgan fingerprint density at radius 3 is 2.78 bits per heavy atom. The Hall–Kier alpha value is -0.240. The summed E-state index contributed by atoms with van der Waals surface area (Å²) in [6, 6.07) is 0. The van der Waals surface area contributed by atoms with Gasteiger partial charge in [0.05, 0.1) is 12.2 Å². The lowest BCUT2D eigenvalue weighted by Gasteiger charge is -2.23. The average Bonchev–Trinajstić information content (AvgIpc) is 3.10. The number of allylic oxidation sites excluding steroid dienone is 3. The summed E-state index contributed by atoms with van der Waals surface area (Å²) in [7, 11) is 0. The first-order valence-electron chi connectivity index (χ1n) is 8.33. The fourth-order valence-electron chi connectivity index (χ4n) is 3.16. The summed E-state index contributed by atoms with van der Waals surface area (Å²) in [6.45, 7) is 7.39. The molecule has 0 N–H and O–H groups in total. The van der Waals surface area contributed by atoms with Crippen molar-refractivity contribution in [3.63, 3.8) is 0 Å². The van der Waals surface area contributed by atoms with Gasteiger partial charge in [-0.2, -0.15) is 0 Å². The summed E-state index contributed by atoms with van der Waals surface area (Å²) >= 11 is 2.48. The van der Waals surface area contributed by atoms with Crippen LogP contribution in [0.25, 0.3) is 0 Å². The van der Waals surface area contributed by atoms with Gasteiger partial charge in [-0.15, -0.1) is 6.58 Å². The Bertz CT molecular complexity index is 435. The standard InChI is InChI=1S/C18H27IO4/c1-4-5-6-7-8-9-13(19)14-10-11-15(21-14)17-16(12-20)22-18(2,3)23-17/h4,6-7,12-17H,1,5,8-11H2,2-3H3/b7-6+/t13-,14-,15-,16+,17-/m1/s1. The van der Waals surface area contributed by atoms with Gasteiger partial charge >= 0.3 is 0 Å². The average molecular weight is 434 g/mol. The van der Waals surface area contributed by atoms with Crippen molar-refractivity contribution in [3.8, 4) is 0 Å². The molecule has 0 aromatic heterocycles. The fraction of sp³-hybridized carbons (Fsp3) is 0.722. The molecular formula is C18H27IO4. The molecule has 0 aromatic carbocycles. The van der Waals surface area contributed by atoms with Gasteiger partial charge in [0.1, 0.15) is 12.2 Å². The van der Waals surface area contributed by atoms with E-state index in [1.54, 1.807) is 0 Å². The van der Waals surface area contributed by atoms with Crippen molar-refractivity contribution in [1.82, 2.24) is 0 Å². The largest absolute Gasteiger partial charge is 0.371 e. The molecule has 0 aromatic rings. The molecule has 0 bridgehead atoms. The molecule has 0 spiro atoms. The van der Waals surface area contributed by atoms with E-state index in [0.717, 1.165) is 38.4 Å². The number of hydrogen-bond acceptors (Lipinski definition) is 4. The van der Waals surface area contributed by atoms with E-state index in [1.807, 2.05) is 19.9 Å². The molecule has 2 heterocycles. The molecule has 2 saturated heterocycles. The summed E-state index contributed by atoms with van der Waals surface area (Å²) in [5.74, 6) is -0.711. The monoisotopic (exact) mass is 434 g/mol. The van der Waals surface area contributed by atoms with Gasteiger partial charge in [-0.25, -0.2) is 0 Å². The fourth-order valence-corrected chi connectivity index (χ4v) is 4.05. The highest BCUT2D eigenvalue weighted by Gasteiger charge is 2.48. The number of rotatable bonds is 8. The molecular weight excluding hydrogens is 407 g/mol. The van der Waals surface area contributed by atoms with Crippen molar-refractivity contribution < 1.29 is 19.0 Å². The van der Waals surface area contributed by atoms with Crippen LogP contribution in [0.3, 0.4) is 0 Å². The minimum Gasteiger partial charge on any atom is -0.371 e. The van der Waals surface area contributed by atoms with Crippen LogP contribution >= 0.6 is 22.6 Å². The predicted octanol–water partition coefficient (Wildman–Crippen LogP) is 3.97. The number of hydrogen-bond donors (Lipinski definition) is 0. The number of carbonyl (C=O) groups excluding carboxylic acids is 1. The molecule has 0 aliphatic carbocycles. The van der Waals surface area contributed by atoms with Gasteiger partial charge < -0.3 is 19.0 Å². The predicted molar refractivity (Wildman–Crippen MR) is 98.8 cm³/mol. The van der Waals surface area contributed by atoms with Crippen LogP contribution in [0.5, 0.6) is 0 Å². The Balaban J connectivity index is 1.81. The van der Waals surface area contributed by atoms with Crippen molar-refractivity contribution >= 4 is 28.9 Å². The molecule has 4 nitrogen and oxygen atoms in total. The molecule has 2 fully saturated rings. The van der Waals surface area contributed by atoms with E-state index in [9.17, 15) is 4.79 Å². The Morgan fingerprint density at radius 2 is 2.09 bits per heavy atom. The van der Waals surface area contributed by atoms with Crippen molar-refractivity contribution in [1.29, 1.82) is 0 Å². The minimum absolute atomic E-state index is 0.0504. The van der Waals surface area contributed by atoms with Crippen molar-refractivity contribution in [2.75, 3.05) is 0 Å². The SMILES string of the molecule is C=CC/C=C/CC[C@@H](I)[C@H]1CC[C@H]([C@H]2OC(C)(C)O[C@H]2C=O)O1. The quantitative estimate of drug-likeness (QED) is 0.251. The van der Waals surface area contributed by atoms with Crippen molar-refractivity contribution in [3.05, 3.63) is 24.8 Å². The molecule has 5 atom stereocenters. The highest BCUT2D eigenvalue weighted by Crippen LogP contribution is 2.37. The molecule has 0 amide bonds. The molecule has 0 radical (unpaired) electrons. The van der Waals surface area contributed by atoms with Gasteiger partial charge in [-0.05, 0) is 46.0 Å². The van der Waals surface area contributed by atoms with Crippen LogP contribution in [0.1, 0.15) is 46.0 Å². The normalized spacial score (nSPS) is 34.7. The molecule has 5 heteroatoms. The Labute approximate surface area is 152 Å². The van der Waals surface area contributed by atoms with E-state index in [-0.39, 0.29) is 18.3 Å². The zero-order valence-electron chi connectivity index (χ0n) is 13.9. The number of aldehydes is 1. The van der Waals surface area contributed by atoms with Crippen LogP contribution < -0.4 is 0 Å². The number of ether oxygens (including phenoxy) is 3. The third kappa shape index (κ3) is 5.37. The third-order valence-corrected chi connectivity index (χ3v) is 5.66. The molecule has 2 aliphatic heterocycles. The maximum atomic E-state index is 11.2. The van der Waals surface area contributed by atoms with Gasteiger partial charge in [-0.3, -0.25) is 0 Å². The lowest BCUT2D eigenvalue weighted by Crippen LogP contribution is -2.37. The van der Waals surface area contributed by atoms with Crippen LogP contribution in [0.4, 0.5) is 0 Å². The maximum Gasteiger partial charge on any atom is 0.164 e. The first-order valence-corrected chi connectivity index (χ1v) is 9.58. The first kappa shape index (κ1) is 19.1. The lowest BCUT2D eigenvalue weighted by atomic mass is 10.0. The van der Waals surface area contributed by atoms with E-state index >= 15 is 0 Å². The highest BCUT2D eigenvalue weighted by atomic mass is 127. The number of carbonyl (C=O) groups is 1. The second-order valence-corrected chi connectivity index (χ2v) is 8.18. The molecule has 23 heavy (non-hydrogen) atoms. The van der Waals surface area contributed by atoms with Gasteiger partial charge in [0.25, 0.3) is 0 Å². The molecule has 2 rings (SSSR count). The summed E-state index contributed by atoms with van der Waals surface area (Å²) < 4.78 is 18.2. The second kappa shape index (κ2) is 8.74. The first-order chi connectivity index (χ1) is 11.0. The molecule has 2 aliphatic rings. The van der Waals surface area contributed by atoms with Crippen LogP contribution in [0, 0.1) is 0 Å². The van der Waals surface area contributed by atoms with Gasteiger partial charge in [0.2, 0.25) is 0 Å². The van der Waals surface area contributed by atoms with Gasteiger partial charge in [0.15, 0.2) is 12.1 Å². The van der Waals surface area contributed by atoms with Gasteiger partial charge in [0, 0.05) is 3.92 Å². The van der Waals surface area contributed by atoms with Crippen LogP contribution in [0.15, 0.2) is 24.8 Å². The molecule has 130 valence electrons. The Kier molecular flexibility index (Phi) is 7.25. The van der Waals surface area contributed by atoms with Crippen molar-refractivity contribution in [2.24, 2.45) is 0 Å². The molecule has 0 unspecified atom stereocenters. The topological polar surface area (TPSA) is 44.8 Å². The third-order valence-electron chi connectivity index (χ3n) is 4.23. The minimum atomic E-state index is -0.711. The summed E-state index contributed by atoms with van der Waals surface area (Å²) in [4.78, 5) is 11.2. The van der Waals surface area contributed by atoms with E-state index in [1.165, 1.54) is 0 Å². The smallest absolute Gasteiger partial charge is 0.164 e. The zero-order chi connectivity index (χ0) is 16.9. The van der Waals surface area contributed by atoms with E-state index in [2.05, 4.69) is 41.3 Å². The Morgan fingerprint density at radius 1 is 1.30 bits per heavy atom.